The maximum atomic E-state index is 13.6. The smallest absolute Gasteiger partial charge is 0.811 e. The molecule has 4 N–H and O–H groups in total. The van der Waals surface area contributed by atoms with Gasteiger partial charge in [0.2, 0.25) is 0 Å². The molecule has 0 aliphatic rings. The van der Waals surface area contributed by atoms with Crippen molar-refractivity contribution in [3.63, 3.8) is 0 Å². The first-order chi connectivity index (χ1) is 25.3. The van der Waals surface area contributed by atoms with Crippen molar-refractivity contribution in [2.24, 2.45) is 0 Å². The molecule has 0 aliphatic heterocycles. The number of hydrogen-bond donors (Lipinski definition) is 4. The minimum atomic E-state index is -4.93. The minimum Gasteiger partial charge on any atom is -0.811 e. The van der Waals surface area contributed by atoms with Gasteiger partial charge >= 0.3 is 133 Å². The summed E-state index contributed by atoms with van der Waals surface area (Å²) in [6.07, 6.45) is -2.09. The standard InChI is InChI=1S/C33H57NO16P4.4Na/c1-5-46-53(44,47-6-2)15-11-29-18-28(22-34-33(23-35,24-36)25-37)19-30(12-16-54(45,48-7-3)49-8-4)32(29)50-31-20-26(9-13-51(38,39)40)17-27(21-31)10-14-52(41,42)43;;;;/h17-21,34-37H,5-16,22-25H2,1-4H3,(H2,38,39,40)(H2,41,42,43);;;;/q;4*+1/p-4. The second-order valence-electron chi connectivity index (χ2n) is 12.4. The van der Waals surface area contributed by atoms with Gasteiger partial charge in [-0.05, 0) is 106 Å². The van der Waals surface area contributed by atoms with Crippen LogP contribution in [0.5, 0.6) is 11.5 Å². The normalized spacial score (nSPS) is 12.2. The van der Waals surface area contributed by atoms with E-state index < -0.39 is 68.1 Å². The summed E-state index contributed by atoms with van der Waals surface area (Å²) in [6, 6.07) is 7.79. The van der Waals surface area contributed by atoms with Crippen LogP contribution >= 0.6 is 30.4 Å². The van der Waals surface area contributed by atoms with Crippen LogP contribution in [0.1, 0.15) is 55.5 Å². The van der Waals surface area contributed by atoms with E-state index in [1.165, 1.54) is 18.2 Å². The third-order valence-electron chi connectivity index (χ3n) is 8.09. The van der Waals surface area contributed by atoms with E-state index in [0.717, 1.165) is 0 Å². The summed E-state index contributed by atoms with van der Waals surface area (Å²) in [5, 5.41) is 32.7. The molecule has 2 aromatic rings. The van der Waals surface area contributed by atoms with E-state index in [1.54, 1.807) is 39.8 Å². The topological polar surface area (TPSA) is 279 Å². The van der Waals surface area contributed by atoms with Crippen molar-refractivity contribution in [3.8, 4) is 11.5 Å². The Hall–Kier alpha value is 2.68. The van der Waals surface area contributed by atoms with Crippen molar-refractivity contribution in [2.45, 2.75) is 65.5 Å². The number of rotatable bonds is 28. The summed E-state index contributed by atoms with van der Waals surface area (Å²) < 4.78 is 78.7. The van der Waals surface area contributed by atoms with Crippen LogP contribution in [-0.2, 0) is 68.6 Å². The Labute approximate surface area is 430 Å². The number of hydrogen-bond acceptors (Lipinski definition) is 17. The maximum Gasteiger partial charge on any atom is 1.00 e. The molecule has 2 aromatic carbocycles. The summed E-state index contributed by atoms with van der Waals surface area (Å²) >= 11 is 0. The van der Waals surface area contributed by atoms with Gasteiger partial charge in [-0.15, -0.1) is 0 Å². The molecule has 0 atom stereocenters. The summed E-state index contributed by atoms with van der Waals surface area (Å²) in [5.41, 5.74) is 0.610. The van der Waals surface area contributed by atoms with Crippen molar-refractivity contribution < 1.29 is 194 Å². The van der Waals surface area contributed by atoms with Crippen LogP contribution in [0.3, 0.4) is 0 Å². The number of aryl methyl sites for hydroxylation is 4. The molecule has 0 radical (unpaired) electrons. The molecule has 0 bridgehead atoms. The molecule has 0 aromatic heterocycles. The first-order valence-corrected chi connectivity index (χ1v) is 24.5. The van der Waals surface area contributed by atoms with Crippen molar-refractivity contribution >= 4 is 30.4 Å². The van der Waals surface area contributed by atoms with Gasteiger partial charge in [-0.25, -0.2) is 0 Å². The van der Waals surface area contributed by atoms with Gasteiger partial charge in [0.15, 0.2) is 0 Å². The predicted molar refractivity (Wildman–Crippen MR) is 195 cm³/mol. The van der Waals surface area contributed by atoms with E-state index >= 15 is 0 Å². The van der Waals surface area contributed by atoms with E-state index in [1.807, 2.05) is 0 Å². The molecule has 0 fully saturated rings. The molecule has 0 heterocycles. The summed E-state index contributed by atoms with van der Waals surface area (Å²) in [6.45, 7) is 5.25. The van der Waals surface area contributed by atoms with Crippen LogP contribution in [0, 0.1) is 0 Å². The van der Waals surface area contributed by atoms with Gasteiger partial charge in [-0.3, -0.25) is 9.13 Å². The van der Waals surface area contributed by atoms with Crippen LogP contribution < -0.4 is 148 Å². The molecular formula is C33H53NNa4O16P4. The first kappa shape index (κ1) is 65.0. The Morgan fingerprint density at radius 1 is 0.552 bits per heavy atom. The summed E-state index contributed by atoms with van der Waals surface area (Å²) in [5.74, 6) is 0.278. The molecule has 17 nitrogen and oxygen atoms in total. The van der Waals surface area contributed by atoms with Crippen molar-refractivity contribution in [2.75, 3.05) is 70.9 Å². The first-order valence-electron chi connectivity index (χ1n) is 17.6. The third-order valence-corrected chi connectivity index (χ3v) is 13.8. The van der Waals surface area contributed by atoms with Crippen LogP contribution in [-0.4, -0.2) is 91.8 Å². The molecule has 0 amide bonds. The maximum absolute atomic E-state index is 13.6. The van der Waals surface area contributed by atoms with E-state index in [0.29, 0.717) is 27.8 Å². The zero-order valence-electron chi connectivity index (χ0n) is 35.1. The van der Waals surface area contributed by atoms with Gasteiger partial charge in [0.25, 0.3) is 0 Å². The molecule has 0 unspecified atom stereocenters. The van der Waals surface area contributed by atoms with Gasteiger partial charge < -0.3 is 72.2 Å². The Morgan fingerprint density at radius 2 is 0.914 bits per heavy atom. The Balaban J connectivity index is -0.00000756. The third kappa shape index (κ3) is 24.3. The van der Waals surface area contributed by atoms with Gasteiger partial charge in [0, 0.05) is 6.54 Å². The molecule has 0 saturated heterocycles. The van der Waals surface area contributed by atoms with E-state index in [9.17, 15) is 53.2 Å². The average molecular weight is 936 g/mol. The molecule has 58 heavy (non-hydrogen) atoms. The number of ether oxygens (including phenoxy) is 1. The summed E-state index contributed by atoms with van der Waals surface area (Å²) in [7, 11) is -17.1. The second-order valence-corrected chi connectivity index (χ2v) is 20.2. The van der Waals surface area contributed by atoms with E-state index in [2.05, 4.69) is 5.32 Å². The Kier molecular flexibility index (Phi) is 35.4. The van der Waals surface area contributed by atoms with Crippen LogP contribution in [0.2, 0.25) is 0 Å². The molecule has 0 aliphatic carbocycles. The largest absolute Gasteiger partial charge is 1.00 e. The van der Waals surface area contributed by atoms with Crippen molar-refractivity contribution in [1.82, 2.24) is 5.32 Å². The fraction of sp³-hybridized carbons (Fsp3) is 0.636. The zero-order chi connectivity index (χ0) is 40.6. The zero-order valence-corrected chi connectivity index (χ0v) is 46.7. The average Bonchev–Trinajstić information content (AvgIpc) is 3.09. The molecular weight excluding hydrogens is 882 g/mol. The second kappa shape index (κ2) is 31.6. The van der Waals surface area contributed by atoms with E-state index in [-0.39, 0.29) is 201 Å². The van der Waals surface area contributed by atoms with Crippen LogP contribution in [0.25, 0.3) is 0 Å². The number of aliphatic hydroxyl groups is 3. The molecule has 2 rings (SSSR count). The fourth-order valence-electron chi connectivity index (χ4n) is 5.40. The SMILES string of the molecule is CCOP(=O)(CCc1cc(CNC(CO)(CO)CO)cc(CCP(=O)(OCC)OCC)c1Oc1cc(CCP(=O)([O-])[O-])cc(CCP(=O)([O-])[O-])c1)OCC.[Na+].[Na+].[Na+].[Na+]. The number of benzene rings is 2. The summed E-state index contributed by atoms with van der Waals surface area (Å²) in [4.78, 5) is 46.0. The van der Waals surface area contributed by atoms with Gasteiger partial charge in [0.1, 0.15) is 11.5 Å². The van der Waals surface area contributed by atoms with Gasteiger partial charge in [-0.2, -0.15) is 0 Å². The predicted octanol–water partition coefficient (Wildman–Crippen LogP) is -10.2. The van der Waals surface area contributed by atoms with Crippen molar-refractivity contribution in [1.29, 1.82) is 0 Å². The number of aliphatic hydroxyl groups excluding tert-OH is 3. The van der Waals surface area contributed by atoms with Crippen molar-refractivity contribution in [3.05, 3.63) is 58.1 Å². The monoisotopic (exact) mass is 935 g/mol. The van der Waals surface area contributed by atoms with Gasteiger partial charge in [0.05, 0.1) is 64.1 Å². The molecule has 0 spiro atoms. The van der Waals surface area contributed by atoms with Gasteiger partial charge in [-0.1, -0.05) is 33.4 Å². The molecule has 0 saturated carbocycles. The Morgan fingerprint density at radius 3 is 1.22 bits per heavy atom. The minimum absolute atomic E-state index is 0. The van der Waals surface area contributed by atoms with E-state index in [4.69, 9.17) is 22.8 Å². The quantitative estimate of drug-likeness (QED) is 0.0456. The van der Waals surface area contributed by atoms with Crippen LogP contribution in [0.4, 0.5) is 0 Å². The molecule has 25 heteroatoms. The van der Waals surface area contributed by atoms with Crippen LogP contribution in [0.15, 0.2) is 30.3 Å². The number of nitrogens with one attached hydrogen (secondary N) is 1. The molecule has 310 valence electrons. The fourth-order valence-corrected chi connectivity index (χ4v) is 9.73. The Bertz CT molecular complexity index is 1550.